The van der Waals surface area contributed by atoms with E-state index in [9.17, 15) is 4.79 Å². The molecular formula is C18H18N2O2. The summed E-state index contributed by atoms with van der Waals surface area (Å²) in [5, 5.41) is 4.08. The number of nitrogens with one attached hydrogen (secondary N) is 2. The van der Waals surface area contributed by atoms with Gasteiger partial charge >= 0.3 is 0 Å². The molecule has 0 fully saturated rings. The lowest BCUT2D eigenvalue weighted by Crippen LogP contribution is -2.22. The number of carbonyl (C=O) groups excluding carboxylic acids is 1. The van der Waals surface area contributed by atoms with Gasteiger partial charge in [-0.1, -0.05) is 6.07 Å². The Morgan fingerprint density at radius 2 is 1.95 bits per heavy atom. The zero-order valence-electron chi connectivity index (χ0n) is 12.4. The summed E-state index contributed by atoms with van der Waals surface area (Å²) in [6, 6.07) is 15.3. The molecule has 4 nitrogen and oxygen atoms in total. The van der Waals surface area contributed by atoms with Crippen LogP contribution >= 0.6 is 0 Å². The average molecular weight is 294 g/mol. The number of ether oxygens (including phenoxy) is 1. The Kier molecular flexibility index (Phi) is 4.10. The van der Waals surface area contributed by atoms with E-state index < -0.39 is 0 Å². The van der Waals surface area contributed by atoms with E-state index in [1.165, 1.54) is 0 Å². The minimum atomic E-state index is -0.0859. The van der Waals surface area contributed by atoms with Gasteiger partial charge in [0.15, 0.2) is 0 Å². The van der Waals surface area contributed by atoms with Gasteiger partial charge < -0.3 is 15.0 Å². The van der Waals surface area contributed by atoms with Crippen molar-refractivity contribution in [1.82, 2.24) is 10.3 Å². The molecule has 1 amide bonds. The average Bonchev–Trinajstić information content (AvgIpc) is 3.01. The SMILES string of the molecule is CCOc1ccc(C(=O)NCc2ccc3[nH]ccc3c2)cc1. The van der Waals surface area contributed by atoms with Crippen LogP contribution in [0, 0.1) is 0 Å². The number of hydrogen-bond donors (Lipinski definition) is 2. The molecule has 4 heteroatoms. The molecule has 2 N–H and O–H groups in total. The zero-order chi connectivity index (χ0) is 15.4. The Hall–Kier alpha value is -2.75. The van der Waals surface area contributed by atoms with Crippen LogP contribution < -0.4 is 10.1 Å². The van der Waals surface area contributed by atoms with Gasteiger partial charge in [-0.05, 0) is 60.3 Å². The highest BCUT2D eigenvalue weighted by molar-refractivity contribution is 5.94. The molecule has 0 bridgehead atoms. The van der Waals surface area contributed by atoms with Gasteiger partial charge in [-0.15, -0.1) is 0 Å². The zero-order valence-corrected chi connectivity index (χ0v) is 12.4. The molecular weight excluding hydrogens is 276 g/mol. The smallest absolute Gasteiger partial charge is 0.251 e. The number of aromatic nitrogens is 1. The summed E-state index contributed by atoms with van der Waals surface area (Å²) in [5.41, 5.74) is 2.80. The Balaban J connectivity index is 1.63. The van der Waals surface area contributed by atoms with Gasteiger partial charge in [0.1, 0.15) is 5.75 Å². The molecule has 22 heavy (non-hydrogen) atoms. The maximum Gasteiger partial charge on any atom is 0.251 e. The summed E-state index contributed by atoms with van der Waals surface area (Å²) in [5.74, 6) is 0.689. The molecule has 0 aliphatic carbocycles. The molecule has 1 aromatic heterocycles. The van der Waals surface area contributed by atoms with E-state index in [4.69, 9.17) is 4.74 Å². The van der Waals surface area contributed by atoms with Crippen LogP contribution in [0.5, 0.6) is 5.75 Å². The van der Waals surface area contributed by atoms with Crippen molar-refractivity contribution >= 4 is 16.8 Å². The Labute approximate surface area is 129 Å². The highest BCUT2D eigenvalue weighted by Crippen LogP contribution is 2.15. The molecule has 0 aliphatic heterocycles. The van der Waals surface area contributed by atoms with E-state index in [-0.39, 0.29) is 5.91 Å². The van der Waals surface area contributed by atoms with Gasteiger partial charge in [0.05, 0.1) is 6.61 Å². The highest BCUT2D eigenvalue weighted by Gasteiger charge is 2.06. The molecule has 0 saturated carbocycles. The van der Waals surface area contributed by atoms with Crippen LogP contribution in [-0.4, -0.2) is 17.5 Å². The van der Waals surface area contributed by atoms with Gasteiger partial charge in [0, 0.05) is 23.8 Å². The van der Waals surface area contributed by atoms with Crippen molar-refractivity contribution in [2.45, 2.75) is 13.5 Å². The Morgan fingerprint density at radius 3 is 2.73 bits per heavy atom. The second kappa shape index (κ2) is 6.35. The van der Waals surface area contributed by atoms with Crippen LogP contribution in [-0.2, 0) is 6.54 Å². The van der Waals surface area contributed by atoms with E-state index in [1.54, 1.807) is 12.1 Å². The first-order chi connectivity index (χ1) is 10.8. The highest BCUT2D eigenvalue weighted by atomic mass is 16.5. The summed E-state index contributed by atoms with van der Waals surface area (Å²) < 4.78 is 5.37. The van der Waals surface area contributed by atoms with Crippen LogP contribution in [0.1, 0.15) is 22.8 Å². The predicted octanol–water partition coefficient (Wildman–Crippen LogP) is 3.50. The summed E-state index contributed by atoms with van der Waals surface area (Å²) in [7, 11) is 0. The molecule has 3 aromatic rings. The third kappa shape index (κ3) is 3.11. The molecule has 0 spiro atoms. The first-order valence-electron chi connectivity index (χ1n) is 7.33. The third-order valence-corrected chi connectivity index (χ3v) is 3.50. The van der Waals surface area contributed by atoms with Crippen LogP contribution in [0.15, 0.2) is 54.7 Å². The van der Waals surface area contributed by atoms with Crippen molar-refractivity contribution in [2.75, 3.05) is 6.61 Å². The standard InChI is InChI=1S/C18H18N2O2/c1-2-22-16-6-4-14(5-7-16)18(21)20-12-13-3-8-17-15(11-13)9-10-19-17/h3-11,19H,2,12H2,1H3,(H,20,21). The molecule has 0 atom stereocenters. The Bertz CT molecular complexity index is 775. The summed E-state index contributed by atoms with van der Waals surface area (Å²) in [6.45, 7) is 3.06. The maximum absolute atomic E-state index is 12.1. The van der Waals surface area contributed by atoms with Crippen LogP contribution in [0.25, 0.3) is 10.9 Å². The van der Waals surface area contributed by atoms with Crippen molar-refractivity contribution in [3.8, 4) is 5.75 Å². The van der Waals surface area contributed by atoms with E-state index in [2.05, 4.69) is 16.4 Å². The number of rotatable bonds is 5. The molecule has 1 heterocycles. The normalized spacial score (nSPS) is 10.6. The van der Waals surface area contributed by atoms with E-state index in [0.717, 1.165) is 22.2 Å². The topological polar surface area (TPSA) is 54.1 Å². The van der Waals surface area contributed by atoms with Crippen molar-refractivity contribution in [3.05, 3.63) is 65.9 Å². The molecule has 112 valence electrons. The third-order valence-electron chi connectivity index (χ3n) is 3.50. The number of hydrogen-bond acceptors (Lipinski definition) is 2. The number of amides is 1. The monoisotopic (exact) mass is 294 g/mol. The predicted molar refractivity (Wildman–Crippen MR) is 87.1 cm³/mol. The van der Waals surface area contributed by atoms with Crippen molar-refractivity contribution < 1.29 is 9.53 Å². The molecule has 0 saturated heterocycles. The van der Waals surface area contributed by atoms with Gasteiger partial charge in [-0.25, -0.2) is 0 Å². The number of H-pyrrole nitrogens is 1. The molecule has 0 radical (unpaired) electrons. The van der Waals surface area contributed by atoms with Crippen molar-refractivity contribution in [2.24, 2.45) is 0 Å². The number of carbonyl (C=O) groups is 1. The minimum Gasteiger partial charge on any atom is -0.494 e. The second-order valence-electron chi connectivity index (χ2n) is 5.04. The van der Waals surface area contributed by atoms with Crippen LogP contribution in [0.4, 0.5) is 0 Å². The van der Waals surface area contributed by atoms with E-state index >= 15 is 0 Å². The van der Waals surface area contributed by atoms with Gasteiger partial charge in [0.2, 0.25) is 0 Å². The van der Waals surface area contributed by atoms with Crippen LogP contribution in [0.2, 0.25) is 0 Å². The molecule has 0 unspecified atom stereocenters. The van der Waals surface area contributed by atoms with Gasteiger partial charge in [-0.2, -0.15) is 0 Å². The number of fused-ring (bicyclic) bond motifs is 1. The number of aromatic amines is 1. The maximum atomic E-state index is 12.1. The quantitative estimate of drug-likeness (QED) is 0.756. The first kappa shape index (κ1) is 14.2. The molecule has 3 rings (SSSR count). The molecule has 2 aromatic carbocycles. The summed E-state index contributed by atoms with van der Waals surface area (Å²) in [4.78, 5) is 15.3. The lowest BCUT2D eigenvalue weighted by molar-refractivity contribution is 0.0951. The molecule has 0 aliphatic rings. The van der Waals surface area contributed by atoms with Crippen molar-refractivity contribution in [1.29, 1.82) is 0 Å². The summed E-state index contributed by atoms with van der Waals surface area (Å²) >= 11 is 0. The lowest BCUT2D eigenvalue weighted by Gasteiger charge is -2.07. The van der Waals surface area contributed by atoms with Gasteiger partial charge in [-0.3, -0.25) is 4.79 Å². The second-order valence-corrected chi connectivity index (χ2v) is 5.04. The van der Waals surface area contributed by atoms with Crippen LogP contribution in [0.3, 0.4) is 0 Å². The van der Waals surface area contributed by atoms with E-state index in [0.29, 0.717) is 18.7 Å². The fraction of sp³-hybridized carbons (Fsp3) is 0.167. The van der Waals surface area contributed by atoms with Crippen molar-refractivity contribution in [3.63, 3.8) is 0 Å². The fourth-order valence-corrected chi connectivity index (χ4v) is 2.37. The fourth-order valence-electron chi connectivity index (χ4n) is 2.37. The van der Waals surface area contributed by atoms with E-state index in [1.807, 2.05) is 43.5 Å². The minimum absolute atomic E-state index is 0.0859. The first-order valence-corrected chi connectivity index (χ1v) is 7.33. The largest absolute Gasteiger partial charge is 0.494 e. The van der Waals surface area contributed by atoms with Gasteiger partial charge in [0.25, 0.3) is 5.91 Å². The Morgan fingerprint density at radius 1 is 1.14 bits per heavy atom. The lowest BCUT2D eigenvalue weighted by atomic mass is 10.1. The summed E-state index contributed by atoms with van der Waals surface area (Å²) in [6.07, 6.45) is 1.91. The number of benzene rings is 2.